The van der Waals surface area contributed by atoms with Crippen molar-refractivity contribution in [1.29, 1.82) is 0 Å². The molecule has 78 valence electrons. The lowest BCUT2D eigenvalue weighted by Crippen LogP contribution is -2.34. The van der Waals surface area contributed by atoms with Gasteiger partial charge in [0.2, 0.25) is 5.91 Å². The molecular weight excluding hydrogens is 206 g/mol. The molecule has 3 heteroatoms. The molecule has 0 bridgehead atoms. The van der Waals surface area contributed by atoms with Crippen molar-refractivity contribution < 1.29 is 4.79 Å². The van der Waals surface area contributed by atoms with Gasteiger partial charge in [-0.05, 0) is 19.1 Å². The Morgan fingerprint density at radius 3 is 2.73 bits per heavy atom. The Kier molecular flexibility index (Phi) is 3.11. The third-order valence-corrected chi connectivity index (χ3v) is 3.39. The molecule has 0 saturated carbocycles. The maximum atomic E-state index is 11.7. The van der Waals surface area contributed by atoms with Crippen molar-refractivity contribution in [1.82, 2.24) is 4.90 Å². The molecule has 0 atom stereocenters. The van der Waals surface area contributed by atoms with Gasteiger partial charge < -0.3 is 4.90 Å². The highest BCUT2D eigenvalue weighted by molar-refractivity contribution is 8.04. The van der Waals surface area contributed by atoms with Crippen LogP contribution in [-0.2, 0) is 4.79 Å². The number of allylic oxidation sites excluding steroid dienone is 6. The molecule has 0 aromatic heterocycles. The van der Waals surface area contributed by atoms with Crippen molar-refractivity contribution in [2.24, 2.45) is 0 Å². The zero-order valence-electron chi connectivity index (χ0n) is 8.64. The van der Waals surface area contributed by atoms with Crippen LogP contribution in [0.5, 0.6) is 0 Å². The lowest BCUT2D eigenvalue weighted by Gasteiger charge is -2.28. The standard InChI is InChI=1S/C12H13NOS/c1-2-13-10-7-5-3-4-6-8-11(10)15-9-12(13)14/h3-8H,2,9H2,1H3. The molecule has 0 aromatic rings. The second-order valence-corrected chi connectivity index (χ2v) is 4.30. The second-order valence-electron chi connectivity index (χ2n) is 3.28. The van der Waals surface area contributed by atoms with E-state index in [0.717, 1.165) is 12.2 Å². The van der Waals surface area contributed by atoms with Gasteiger partial charge in [-0.3, -0.25) is 4.79 Å². The van der Waals surface area contributed by atoms with Crippen molar-refractivity contribution in [2.45, 2.75) is 6.92 Å². The van der Waals surface area contributed by atoms with Gasteiger partial charge in [0.15, 0.2) is 0 Å². The highest BCUT2D eigenvalue weighted by Gasteiger charge is 2.23. The number of hydrogen-bond acceptors (Lipinski definition) is 2. The fourth-order valence-corrected chi connectivity index (χ4v) is 2.56. The topological polar surface area (TPSA) is 20.3 Å². The summed E-state index contributed by atoms with van der Waals surface area (Å²) < 4.78 is 0. The Bertz CT molecular complexity index is 390. The van der Waals surface area contributed by atoms with E-state index in [2.05, 4.69) is 6.08 Å². The molecule has 2 rings (SSSR count). The lowest BCUT2D eigenvalue weighted by atomic mass is 10.2. The molecule has 2 nitrogen and oxygen atoms in total. The molecule has 0 saturated heterocycles. The van der Waals surface area contributed by atoms with E-state index in [-0.39, 0.29) is 5.91 Å². The van der Waals surface area contributed by atoms with E-state index in [0.29, 0.717) is 5.75 Å². The largest absolute Gasteiger partial charge is 0.311 e. The lowest BCUT2D eigenvalue weighted by molar-refractivity contribution is -0.126. The molecule has 0 spiro atoms. The fourth-order valence-electron chi connectivity index (χ4n) is 1.63. The number of rotatable bonds is 1. The number of amides is 1. The summed E-state index contributed by atoms with van der Waals surface area (Å²) in [5.41, 5.74) is 1.03. The van der Waals surface area contributed by atoms with Gasteiger partial charge in [-0.15, -0.1) is 11.8 Å². The summed E-state index contributed by atoms with van der Waals surface area (Å²) >= 11 is 1.61. The molecule has 0 radical (unpaired) electrons. The van der Waals surface area contributed by atoms with Gasteiger partial charge in [0.1, 0.15) is 0 Å². The minimum atomic E-state index is 0.198. The average Bonchev–Trinajstić information content (AvgIpc) is 2.20. The van der Waals surface area contributed by atoms with E-state index in [1.807, 2.05) is 42.2 Å². The smallest absolute Gasteiger partial charge is 0.237 e. The number of likely N-dealkylation sites (N-methyl/N-ethyl adjacent to an activating group) is 1. The van der Waals surface area contributed by atoms with Gasteiger partial charge in [-0.1, -0.05) is 24.3 Å². The summed E-state index contributed by atoms with van der Waals surface area (Å²) in [5.74, 6) is 0.748. The number of hydrogen-bond donors (Lipinski definition) is 0. The first-order chi connectivity index (χ1) is 7.33. The fraction of sp³-hybridized carbons (Fsp3) is 0.250. The highest BCUT2D eigenvalue weighted by Crippen LogP contribution is 2.30. The Hall–Kier alpha value is -1.22. The molecule has 0 aromatic carbocycles. The Morgan fingerprint density at radius 1 is 1.27 bits per heavy atom. The maximum Gasteiger partial charge on any atom is 0.237 e. The maximum absolute atomic E-state index is 11.7. The molecule has 1 aliphatic carbocycles. The van der Waals surface area contributed by atoms with Crippen molar-refractivity contribution in [3.8, 4) is 0 Å². The monoisotopic (exact) mass is 219 g/mol. The summed E-state index contributed by atoms with van der Waals surface area (Å²) in [6.45, 7) is 2.74. The Balaban J connectivity index is 2.41. The molecule has 0 N–H and O–H groups in total. The third kappa shape index (κ3) is 2.07. The van der Waals surface area contributed by atoms with Crippen molar-refractivity contribution in [3.63, 3.8) is 0 Å². The normalized spacial score (nSPS) is 20.3. The van der Waals surface area contributed by atoms with Crippen LogP contribution < -0.4 is 0 Å². The first-order valence-corrected chi connectivity index (χ1v) is 6.00. The predicted molar refractivity (Wildman–Crippen MR) is 64.3 cm³/mol. The molecule has 1 amide bonds. The number of carbonyl (C=O) groups is 1. The molecule has 0 fully saturated rings. The van der Waals surface area contributed by atoms with Gasteiger partial charge in [-0.25, -0.2) is 0 Å². The first kappa shape index (κ1) is 10.3. The van der Waals surface area contributed by atoms with Crippen LogP contribution in [0.3, 0.4) is 0 Å². The molecular formula is C12H13NOS. The number of nitrogens with zero attached hydrogens (tertiary/aromatic N) is 1. The third-order valence-electron chi connectivity index (χ3n) is 2.35. The summed E-state index contributed by atoms with van der Waals surface area (Å²) in [4.78, 5) is 14.7. The van der Waals surface area contributed by atoms with Gasteiger partial charge in [-0.2, -0.15) is 0 Å². The SMILES string of the molecule is CCN1C(=O)CSC2=C1C=CC=CC=C2. The summed E-state index contributed by atoms with van der Waals surface area (Å²) in [7, 11) is 0. The van der Waals surface area contributed by atoms with Gasteiger partial charge in [0.05, 0.1) is 11.4 Å². The van der Waals surface area contributed by atoms with E-state index >= 15 is 0 Å². The Labute approximate surface area is 94.0 Å². The van der Waals surface area contributed by atoms with E-state index in [1.54, 1.807) is 11.8 Å². The van der Waals surface area contributed by atoms with Gasteiger partial charge in [0, 0.05) is 11.4 Å². The van der Waals surface area contributed by atoms with E-state index in [9.17, 15) is 4.79 Å². The van der Waals surface area contributed by atoms with Gasteiger partial charge >= 0.3 is 0 Å². The van der Waals surface area contributed by atoms with Crippen LogP contribution in [0, 0.1) is 0 Å². The van der Waals surface area contributed by atoms with Crippen molar-refractivity contribution >= 4 is 17.7 Å². The molecule has 1 heterocycles. The minimum absolute atomic E-state index is 0.198. The van der Waals surface area contributed by atoms with Crippen molar-refractivity contribution in [3.05, 3.63) is 47.1 Å². The van der Waals surface area contributed by atoms with E-state index in [1.165, 1.54) is 4.91 Å². The van der Waals surface area contributed by atoms with Crippen LogP contribution in [0.1, 0.15) is 6.92 Å². The second kappa shape index (κ2) is 4.53. The van der Waals surface area contributed by atoms with Crippen LogP contribution >= 0.6 is 11.8 Å². The molecule has 1 aliphatic heterocycles. The number of thioether (sulfide) groups is 1. The predicted octanol–water partition coefficient (Wildman–Crippen LogP) is 2.48. The average molecular weight is 219 g/mol. The molecule has 15 heavy (non-hydrogen) atoms. The Morgan fingerprint density at radius 2 is 2.00 bits per heavy atom. The first-order valence-electron chi connectivity index (χ1n) is 5.02. The van der Waals surface area contributed by atoms with Crippen LogP contribution in [-0.4, -0.2) is 23.1 Å². The quantitative estimate of drug-likeness (QED) is 0.675. The van der Waals surface area contributed by atoms with Crippen LogP contribution in [0.25, 0.3) is 0 Å². The minimum Gasteiger partial charge on any atom is -0.311 e. The molecule has 0 unspecified atom stereocenters. The van der Waals surface area contributed by atoms with E-state index < -0.39 is 0 Å². The summed E-state index contributed by atoms with van der Waals surface area (Å²) in [5, 5.41) is 0. The van der Waals surface area contributed by atoms with E-state index in [4.69, 9.17) is 0 Å². The number of carbonyl (C=O) groups excluding carboxylic acids is 1. The molecule has 2 aliphatic rings. The summed E-state index contributed by atoms with van der Waals surface area (Å²) in [6.07, 6.45) is 12.0. The summed E-state index contributed by atoms with van der Waals surface area (Å²) in [6, 6.07) is 0. The highest BCUT2D eigenvalue weighted by atomic mass is 32.2. The van der Waals surface area contributed by atoms with Crippen LogP contribution in [0.15, 0.2) is 47.1 Å². The van der Waals surface area contributed by atoms with Crippen LogP contribution in [0.4, 0.5) is 0 Å². The van der Waals surface area contributed by atoms with Crippen LogP contribution in [0.2, 0.25) is 0 Å². The zero-order chi connectivity index (χ0) is 10.7. The van der Waals surface area contributed by atoms with Crippen molar-refractivity contribution in [2.75, 3.05) is 12.3 Å². The zero-order valence-corrected chi connectivity index (χ0v) is 9.46. The van der Waals surface area contributed by atoms with Gasteiger partial charge in [0.25, 0.3) is 0 Å².